The van der Waals surface area contributed by atoms with Crippen molar-refractivity contribution in [2.24, 2.45) is 0 Å². The Balaban J connectivity index is 2.16. The van der Waals surface area contributed by atoms with Crippen molar-refractivity contribution in [2.45, 2.75) is 58.5 Å². The van der Waals surface area contributed by atoms with Crippen LogP contribution in [0.3, 0.4) is 0 Å². The van der Waals surface area contributed by atoms with Crippen LogP contribution in [0.4, 0.5) is 11.6 Å². The van der Waals surface area contributed by atoms with Gasteiger partial charge in [0.1, 0.15) is 17.5 Å². The van der Waals surface area contributed by atoms with Crippen LogP contribution in [-0.2, 0) is 11.2 Å². The first kappa shape index (κ1) is 16.0. The molecular weight excluding hydrogens is 264 g/mol. The smallest absolute Gasteiger partial charge is 0.134 e. The standard InChI is InChI=1S/C16H28N4O/c1-5-8-13-19-14(17-6-2)12(3)15(20-13)18-11-16(21-4)9-7-10-16/h5-11H2,1-4H3,(H2,17,18,19,20). The second-order valence-electron chi connectivity index (χ2n) is 5.84. The molecule has 21 heavy (non-hydrogen) atoms. The number of hydrogen-bond acceptors (Lipinski definition) is 5. The summed E-state index contributed by atoms with van der Waals surface area (Å²) in [4.78, 5) is 9.30. The summed E-state index contributed by atoms with van der Waals surface area (Å²) in [6.45, 7) is 7.99. The van der Waals surface area contributed by atoms with Crippen LogP contribution in [0.2, 0.25) is 0 Å². The number of nitrogens with one attached hydrogen (secondary N) is 2. The molecule has 0 spiro atoms. The molecule has 0 aliphatic heterocycles. The molecule has 5 nitrogen and oxygen atoms in total. The van der Waals surface area contributed by atoms with Gasteiger partial charge in [0, 0.05) is 32.2 Å². The second kappa shape index (κ2) is 7.07. The Labute approximate surface area is 127 Å². The molecule has 0 saturated heterocycles. The SMILES string of the molecule is CCCc1nc(NCC)c(C)c(NCC2(OC)CCC2)n1. The summed E-state index contributed by atoms with van der Waals surface area (Å²) in [5.74, 6) is 2.79. The highest BCUT2D eigenvalue weighted by Crippen LogP contribution is 2.35. The van der Waals surface area contributed by atoms with Crippen molar-refractivity contribution in [1.82, 2.24) is 9.97 Å². The summed E-state index contributed by atoms with van der Waals surface area (Å²) in [6, 6.07) is 0. The van der Waals surface area contributed by atoms with Crippen molar-refractivity contribution >= 4 is 11.6 Å². The van der Waals surface area contributed by atoms with E-state index in [1.807, 2.05) is 0 Å². The van der Waals surface area contributed by atoms with E-state index in [4.69, 9.17) is 4.74 Å². The second-order valence-corrected chi connectivity index (χ2v) is 5.84. The third kappa shape index (κ3) is 3.64. The number of rotatable bonds is 8. The van der Waals surface area contributed by atoms with Gasteiger partial charge in [0.2, 0.25) is 0 Å². The van der Waals surface area contributed by atoms with E-state index in [0.29, 0.717) is 0 Å². The first-order valence-electron chi connectivity index (χ1n) is 8.04. The van der Waals surface area contributed by atoms with Crippen molar-refractivity contribution in [3.8, 4) is 0 Å². The van der Waals surface area contributed by atoms with Gasteiger partial charge in [-0.05, 0) is 39.5 Å². The zero-order valence-electron chi connectivity index (χ0n) is 13.8. The van der Waals surface area contributed by atoms with Crippen molar-refractivity contribution in [2.75, 3.05) is 30.8 Å². The number of aryl methyl sites for hydroxylation is 1. The average Bonchev–Trinajstić information content (AvgIpc) is 2.43. The number of nitrogens with zero attached hydrogens (tertiary/aromatic N) is 2. The quantitative estimate of drug-likeness (QED) is 0.771. The van der Waals surface area contributed by atoms with Gasteiger partial charge in [-0.1, -0.05) is 6.92 Å². The van der Waals surface area contributed by atoms with E-state index in [-0.39, 0.29) is 5.60 Å². The molecule has 5 heteroatoms. The minimum atomic E-state index is 0.000653. The molecule has 0 unspecified atom stereocenters. The van der Waals surface area contributed by atoms with Gasteiger partial charge >= 0.3 is 0 Å². The molecule has 1 saturated carbocycles. The molecular formula is C16H28N4O. The maximum Gasteiger partial charge on any atom is 0.134 e. The van der Waals surface area contributed by atoms with Crippen LogP contribution in [0.1, 0.15) is 50.9 Å². The van der Waals surface area contributed by atoms with Crippen LogP contribution in [0.5, 0.6) is 0 Å². The van der Waals surface area contributed by atoms with E-state index in [0.717, 1.165) is 61.8 Å². The molecule has 1 aromatic rings. The molecule has 2 rings (SSSR count). The molecule has 118 valence electrons. The van der Waals surface area contributed by atoms with Gasteiger partial charge in [0.25, 0.3) is 0 Å². The molecule has 2 N–H and O–H groups in total. The zero-order valence-corrected chi connectivity index (χ0v) is 13.8. The molecule has 0 aromatic carbocycles. The maximum atomic E-state index is 5.67. The predicted molar refractivity (Wildman–Crippen MR) is 87.0 cm³/mol. The highest BCUT2D eigenvalue weighted by Gasteiger charge is 2.36. The fourth-order valence-electron chi connectivity index (χ4n) is 2.68. The normalized spacial score (nSPS) is 16.4. The summed E-state index contributed by atoms with van der Waals surface area (Å²) in [5, 5.41) is 6.82. The molecule has 0 atom stereocenters. The number of anilines is 2. The summed E-state index contributed by atoms with van der Waals surface area (Å²) in [7, 11) is 1.81. The summed E-state index contributed by atoms with van der Waals surface area (Å²) >= 11 is 0. The summed E-state index contributed by atoms with van der Waals surface area (Å²) in [5.41, 5.74) is 1.09. The first-order valence-corrected chi connectivity index (χ1v) is 8.04. The molecule has 1 fully saturated rings. The monoisotopic (exact) mass is 292 g/mol. The van der Waals surface area contributed by atoms with Crippen molar-refractivity contribution in [3.63, 3.8) is 0 Å². The topological polar surface area (TPSA) is 59.1 Å². The van der Waals surface area contributed by atoms with Crippen LogP contribution in [0.25, 0.3) is 0 Å². The highest BCUT2D eigenvalue weighted by atomic mass is 16.5. The van der Waals surface area contributed by atoms with Gasteiger partial charge in [0.05, 0.1) is 5.60 Å². The number of hydrogen-bond donors (Lipinski definition) is 2. The Hall–Kier alpha value is -1.36. The molecule has 1 aliphatic carbocycles. The first-order chi connectivity index (χ1) is 10.1. The van der Waals surface area contributed by atoms with E-state index in [1.54, 1.807) is 7.11 Å². The lowest BCUT2D eigenvalue weighted by Crippen LogP contribution is -2.45. The van der Waals surface area contributed by atoms with Crippen LogP contribution >= 0.6 is 0 Å². The Morgan fingerprint density at radius 2 is 1.81 bits per heavy atom. The Kier molecular flexibility index (Phi) is 5.39. The molecule has 0 amide bonds. The summed E-state index contributed by atoms with van der Waals surface area (Å²) in [6.07, 6.45) is 5.46. The van der Waals surface area contributed by atoms with Crippen molar-refractivity contribution < 1.29 is 4.74 Å². The Morgan fingerprint density at radius 3 is 2.29 bits per heavy atom. The lowest BCUT2D eigenvalue weighted by molar-refractivity contribution is -0.0601. The van der Waals surface area contributed by atoms with Gasteiger partial charge in [-0.15, -0.1) is 0 Å². The van der Waals surface area contributed by atoms with E-state index in [1.165, 1.54) is 6.42 Å². The van der Waals surface area contributed by atoms with E-state index in [2.05, 4.69) is 41.4 Å². The number of methoxy groups -OCH3 is 1. The molecule has 1 heterocycles. The number of aromatic nitrogens is 2. The van der Waals surface area contributed by atoms with Gasteiger partial charge in [0.15, 0.2) is 0 Å². The van der Waals surface area contributed by atoms with Gasteiger partial charge in [-0.3, -0.25) is 0 Å². The van der Waals surface area contributed by atoms with E-state index >= 15 is 0 Å². The van der Waals surface area contributed by atoms with Crippen LogP contribution in [0, 0.1) is 6.92 Å². The minimum Gasteiger partial charge on any atom is -0.376 e. The molecule has 0 bridgehead atoms. The molecule has 1 aliphatic rings. The predicted octanol–water partition coefficient (Wildman–Crippen LogP) is 3.15. The van der Waals surface area contributed by atoms with Crippen molar-refractivity contribution in [1.29, 1.82) is 0 Å². The average molecular weight is 292 g/mol. The Bertz CT molecular complexity index is 466. The lowest BCUT2D eigenvalue weighted by atomic mass is 9.80. The van der Waals surface area contributed by atoms with Gasteiger partial charge in [-0.2, -0.15) is 0 Å². The van der Waals surface area contributed by atoms with E-state index in [9.17, 15) is 0 Å². The van der Waals surface area contributed by atoms with Crippen LogP contribution < -0.4 is 10.6 Å². The fourth-order valence-corrected chi connectivity index (χ4v) is 2.68. The lowest BCUT2D eigenvalue weighted by Gasteiger charge is -2.40. The zero-order chi connectivity index (χ0) is 15.3. The van der Waals surface area contributed by atoms with E-state index < -0.39 is 0 Å². The number of ether oxygens (including phenoxy) is 1. The van der Waals surface area contributed by atoms with Gasteiger partial charge in [-0.25, -0.2) is 9.97 Å². The molecule has 0 radical (unpaired) electrons. The largest absolute Gasteiger partial charge is 0.376 e. The Morgan fingerprint density at radius 1 is 1.14 bits per heavy atom. The third-order valence-electron chi connectivity index (χ3n) is 4.29. The summed E-state index contributed by atoms with van der Waals surface area (Å²) < 4.78 is 5.67. The van der Waals surface area contributed by atoms with Gasteiger partial charge < -0.3 is 15.4 Å². The molecule has 1 aromatic heterocycles. The maximum absolute atomic E-state index is 5.67. The fraction of sp³-hybridized carbons (Fsp3) is 0.750. The van der Waals surface area contributed by atoms with Crippen molar-refractivity contribution in [3.05, 3.63) is 11.4 Å². The minimum absolute atomic E-state index is 0.000653. The van der Waals surface area contributed by atoms with Crippen LogP contribution in [-0.4, -0.2) is 35.8 Å². The highest BCUT2D eigenvalue weighted by molar-refractivity contribution is 5.57. The van der Waals surface area contributed by atoms with Crippen LogP contribution in [0.15, 0.2) is 0 Å². The third-order valence-corrected chi connectivity index (χ3v) is 4.29.